The first kappa shape index (κ1) is 18.4. The molecule has 1 aromatic heterocycles. The van der Waals surface area contributed by atoms with Crippen LogP contribution in [-0.4, -0.2) is 31.1 Å². The van der Waals surface area contributed by atoms with Crippen LogP contribution < -0.4 is 10.6 Å². The van der Waals surface area contributed by atoms with Crippen molar-refractivity contribution in [1.29, 1.82) is 0 Å². The lowest BCUT2D eigenvalue weighted by atomic mass is 10.2. The van der Waals surface area contributed by atoms with Gasteiger partial charge in [-0.25, -0.2) is 4.98 Å². The highest BCUT2D eigenvalue weighted by molar-refractivity contribution is 7.11. The standard InChI is InChI=1S/C18H26N4OS/c1-14(12-23-13-16-7-5-4-6-8-16)9-21-18(19-3)22-11-17-20-10-15(2)24-17/h4-8,10,14H,9,11-13H2,1-3H3,(H2,19,21,22). The number of nitrogens with one attached hydrogen (secondary N) is 2. The van der Waals surface area contributed by atoms with E-state index < -0.39 is 0 Å². The van der Waals surface area contributed by atoms with Crippen molar-refractivity contribution in [3.63, 3.8) is 0 Å². The van der Waals surface area contributed by atoms with E-state index in [1.807, 2.05) is 24.4 Å². The van der Waals surface area contributed by atoms with Crippen molar-refractivity contribution >= 4 is 17.3 Å². The molecular formula is C18H26N4OS. The summed E-state index contributed by atoms with van der Waals surface area (Å²) in [4.78, 5) is 9.80. The van der Waals surface area contributed by atoms with E-state index in [1.54, 1.807) is 18.4 Å². The molecule has 0 fully saturated rings. The van der Waals surface area contributed by atoms with Gasteiger partial charge in [-0.3, -0.25) is 4.99 Å². The zero-order chi connectivity index (χ0) is 17.2. The number of guanidine groups is 1. The van der Waals surface area contributed by atoms with Gasteiger partial charge in [0.05, 0.1) is 19.8 Å². The summed E-state index contributed by atoms with van der Waals surface area (Å²) >= 11 is 1.70. The van der Waals surface area contributed by atoms with Gasteiger partial charge in [0.2, 0.25) is 0 Å². The zero-order valence-corrected chi connectivity index (χ0v) is 15.4. The number of aromatic nitrogens is 1. The molecule has 5 nitrogen and oxygen atoms in total. The van der Waals surface area contributed by atoms with Crippen LogP contribution in [0.4, 0.5) is 0 Å². The maximum absolute atomic E-state index is 5.77. The van der Waals surface area contributed by atoms with Gasteiger partial charge in [-0.05, 0) is 18.4 Å². The Morgan fingerprint density at radius 1 is 1.29 bits per heavy atom. The SMILES string of the molecule is CN=C(NCc1ncc(C)s1)NCC(C)COCc1ccccc1. The summed E-state index contributed by atoms with van der Waals surface area (Å²) in [7, 11) is 1.78. The summed E-state index contributed by atoms with van der Waals surface area (Å²) in [5, 5.41) is 7.68. The molecule has 0 saturated heterocycles. The molecule has 0 radical (unpaired) electrons. The second-order valence-corrected chi connectivity index (χ2v) is 7.10. The van der Waals surface area contributed by atoms with Gasteiger partial charge in [0.15, 0.2) is 5.96 Å². The Balaban J connectivity index is 1.63. The molecule has 0 aliphatic rings. The van der Waals surface area contributed by atoms with Gasteiger partial charge in [0.25, 0.3) is 0 Å². The van der Waals surface area contributed by atoms with Crippen LogP contribution in [0.2, 0.25) is 0 Å². The number of aryl methyl sites for hydroxylation is 1. The minimum atomic E-state index is 0.398. The fraction of sp³-hybridized carbons (Fsp3) is 0.444. The van der Waals surface area contributed by atoms with E-state index in [0.717, 1.165) is 17.5 Å². The lowest BCUT2D eigenvalue weighted by molar-refractivity contribution is 0.0931. The van der Waals surface area contributed by atoms with Crippen LogP contribution in [0.1, 0.15) is 22.4 Å². The molecule has 0 aliphatic carbocycles. The van der Waals surface area contributed by atoms with Gasteiger partial charge in [-0.15, -0.1) is 11.3 Å². The molecule has 1 unspecified atom stereocenters. The monoisotopic (exact) mass is 346 g/mol. The van der Waals surface area contributed by atoms with E-state index in [4.69, 9.17) is 4.74 Å². The average molecular weight is 347 g/mol. The number of ether oxygens (including phenoxy) is 1. The molecule has 0 amide bonds. The Hall–Kier alpha value is -1.92. The zero-order valence-electron chi connectivity index (χ0n) is 14.6. The fourth-order valence-corrected chi connectivity index (χ4v) is 2.87. The molecule has 1 aromatic carbocycles. The summed E-state index contributed by atoms with van der Waals surface area (Å²) in [6.07, 6.45) is 1.89. The number of aliphatic imine (C=N–C) groups is 1. The van der Waals surface area contributed by atoms with Crippen LogP contribution in [0, 0.1) is 12.8 Å². The Labute approximate surface area is 148 Å². The molecule has 1 atom stereocenters. The van der Waals surface area contributed by atoms with Crippen molar-refractivity contribution in [3.8, 4) is 0 Å². The molecule has 0 spiro atoms. The Kier molecular flexibility index (Phi) is 7.71. The van der Waals surface area contributed by atoms with E-state index in [2.05, 4.69) is 46.6 Å². The molecule has 1 heterocycles. The van der Waals surface area contributed by atoms with E-state index in [0.29, 0.717) is 25.7 Å². The number of hydrogen-bond acceptors (Lipinski definition) is 4. The Bertz CT molecular complexity index is 627. The second kappa shape index (κ2) is 10.1. The Morgan fingerprint density at radius 3 is 2.75 bits per heavy atom. The third-order valence-corrected chi connectivity index (χ3v) is 4.34. The molecule has 2 aromatic rings. The van der Waals surface area contributed by atoms with Gasteiger partial charge < -0.3 is 15.4 Å². The number of rotatable bonds is 8. The van der Waals surface area contributed by atoms with Crippen LogP contribution in [0.3, 0.4) is 0 Å². The summed E-state index contributed by atoms with van der Waals surface area (Å²) in [5.74, 6) is 1.19. The first-order valence-electron chi connectivity index (χ1n) is 8.15. The average Bonchev–Trinajstić information content (AvgIpc) is 3.01. The maximum Gasteiger partial charge on any atom is 0.191 e. The molecule has 24 heavy (non-hydrogen) atoms. The van der Waals surface area contributed by atoms with Crippen molar-refractivity contribution in [1.82, 2.24) is 15.6 Å². The number of thiazole rings is 1. The number of benzene rings is 1. The summed E-state index contributed by atoms with van der Waals surface area (Å²) in [5.41, 5.74) is 1.20. The normalized spacial score (nSPS) is 12.9. The third kappa shape index (κ3) is 6.68. The lowest BCUT2D eigenvalue weighted by Crippen LogP contribution is -2.39. The largest absolute Gasteiger partial charge is 0.376 e. The van der Waals surface area contributed by atoms with Crippen LogP contribution in [0.25, 0.3) is 0 Å². The molecule has 0 bridgehead atoms. The minimum absolute atomic E-state index is 0.398. The predicted molar refractivity (Wildman–Crippen MR) is 100 cm³/mol. The number of hydrogen-bond donors (Lipinski definition) is 2. The fourth-order valence-electron chi connectivity index (χ4n) is 2.15. The Morgan fingerprint density at radius 2 is 2.08 bits per heavy atom. The highest BCUT2D eigenvalue weighted by Crippen LogP contribution is 2.10. The third-order valence-electron chi connectivity index (χ3n) is 3.43. The minimum Gasteiger partial charge on any atom is -0.376 e. The van der Waals surface area contributed by atoms with Crippen molar-refractivity contribution < 1.29 is 4.74 Å². The van der Waals surface area contributed by atoms with Gasteiger partial charge in [-0.2, -0.15) is 0 Å². The molecule has 0 aliphatic heterocycles. The van der Waals surface area contributed by atoms with Crippen molar-refractivity contribution in [3.05, 3.63) is 52.0 Å². The van der Waals surface area contributed by atoms with Crippen molar-refractivity contribution in [2.24, 2.45) is 10.9 Å². The van der Waals surface area contributed by atoms with Crippen LogP contribution in [0.5, 0.6) is 0 Å². The van der Waals surface area contributed by atoms with Gasteiger partial charge in [0, 0.05) is 24.7 Å². The molecule has 0 saturated carbocycles. The molecule has 2 N–H and O–H groups in total. The first-order chi connectivity index (χ1) is 11.7. The second-order valence-electron chi connectivity index (χ2n) is 5.78. The lowest BCUT2D eigenvalue weighted by Gasteiger charge is -2.16. The summed E-state index contributed by atoms with van der Waals surface area (Å²) in [6, 6.07) is 10.2. The topological polar surface area (TPSA) is 58.5 Å². The maximum atomic E-state index is 5.77. The number of nitrogens with zero attached hydrogens (tertiary/aromatic N) is 2. The summed E-state index contributed by atoms with van der Waals surface area (Å²) in [6.45, 7) is 7.09. The molecular weight excluding hydrogens is 320 g/mol. The highest BCUT2D eigenvalue weighted by Gasteiger charge is 2.06. The van der Waals surface area contributed by atoms with E-state index >= 15 is 0 Å². The molecule has 2 rings (SSSR count). The van der Waals surface area contributed by atoms with Crippen molar-refractivity contribution in [2.45, 2.75) is 27.0 Å². The van der Waals surface area contributed by atoms with Gasteiger partial charge >= 0.3 is 0 Å². The smallest absolute Gasteiger partial charge is 0.191 e. The van der Waals surface area contributed by atoms with Crippen LogP contribution in [-0.2, 0) is 17.9 Å². The van der Waals surface area contributed by atoms with E-state index in [9.17, 15) is 0 Å². The highest BCUT2D eigenvalue weighted by atomic mass is 32.1. The predicted octanol–water partition coefficient (Wildman–Crippen LogP) is 2.97. The molecule has 130 valence electrons. The van der Waals surface area contributed by atoms with Crippen LogP contribution >= 0.6 is 11.3 Å². The first-order valence-corrected chi connectivity index (χ1v) is 8.96. The van der Waals surface area contributed by atoms with Gasteiger partial charge in [-0.1, -0.05) is 37.3 Å². The van der Waals surface area contributed by atoms with Crippen molar-refractivity contribution in [2.75, 3.05) is 20.2 Å². The van der Waals surface area contributed by atoms with E-state index in [-0.39, 0.29) is 0 Å². The quantitative estimate of drug-likeness (QED) is 0.570. The van der Waals surface area contributed by atoms with Crippen LogP contribution in [0.15, 0.2) is 41.5 Å². The molecule has 6 heteroatoms. The van der Waals surface area contributed by atoms with Gasteiger partial charge in [0.1, 0.15) is 5.01 Å². The van der Waals surface area contributed by atoms with E-state index in [1.165, 1.54) is 10.4 Å². The summed E-state index contributed by atoms with van der Waals surface area (Å²) < 4.78 is 5.77.